The van der Waals surface area contributed by atoms with Crippen molar-refractivity contribution in [1.29, 1.82) is 0 Å². The number of nitrogens with zero attached hydrogens (tertiary/aromatic N) is 3. The van der Waals surface area contributed by atoms with Crippen LogP contribution in [0.5, 0.6) is 0 Å². The van der Waals surface area contributed by atoms with Gasteiger partial charge in [0.2, 0.25) is 5.95 Å². The largest absolute Gasteiger partial charge is 0.396 e. The molecule has 0 bridgehead atoms. The zero-order valence-electron chi connectivity index (χ0n) is 10.7. The molecule has 0 spiro atoms. The minimum absolute atomic E-state index is 0.278. The minimum Gasteiger partial charge on any atom is -0.396 e. The molecule has 1 fully saturated rings. The first-order valence-electron chi connectivity index (χ1n) is 6.57. The number of fused-ring (bicyclic) bond motifs is 1. The van der Waals surface area contributed by atoms with Crippen LogP contribution in [0, 0.1) is 5.92 Å². The molecule has 0 saturated carbocycles. The highest BCUT2D eigenvalue weighted by molar-refractivity contribution is 5.78. The molecule has 0 amide bonds. The van der Waals surface area contributed by atoms with Crippen LogP contribution >= 0.6 is 0 Å². The van der Waals surface area contributed by atoms with Gasteiger partial charge in [0.1, 0.15) is 0 Å². The molecule has 2 heterocycles. The summed E-state index contributed by atoms with van der Waals surface area (Å²) in [4.78, 5) is 7.01. The minimum atomic E-state index is 0.278. The van der Waals surface area contributed by atoms with Gasteiger partial charge in [-0.15, -0.1) is 0 Å². The lowest BCUT2D eigenvalue weighted by atomic mass is 9.99. The Morgan fingerprint density at radius 3 is 3.00 bits per heavy atom. The first-order chi connectivity index (χ1) is 8.79. The number of para-hydroxylation sites is 2. The number of aliphatic hydroxyl groups excluding tert-OH is 1. The van der Waals surface area contributed by atoms with Crippen LogP contribution in [0.15, 0.2) is 24.3 Å². The van der Waals surface area contributed by atoms with Crippen molar-refractivity contribution in [1.82, 2.24) is 9.55 Å². The van der Waals surface area contributed by atoms with Crippen molar-refractivity contribution in [3.05, 3.63) is 24.3 Å². The van der Waals surface area contributed by atoms with E-state index in [2.05, 4.69) is 22.6 Å². The van der Waals surface area contributed by atoms with E-state index >= 15 is 0 Å². The van der Waals surface area contributed by atoms with Gasteiger partial charge in [-0.1, -0.05) is 12.1 Å². The Balaban J connectivity index is 1.96. The van der Waals surface area contributed by atoms with Crippen molar-refractivity contribution in [2.75, 3.05) is 24.6 Å². The van der Waals surface area contributed by atoms with E-state index in [0.717, 1.165) is 37.4 Å². The quantitative estimate of drug-likeness (QED) is 0.877. The molecule has 0 aliphatic carbocycles. The van der Waals surface area contributed by atoms with Crippen LogP contribution < -0.4 is 4.90 Å². The van der Waals surface area contributed by atoms with Crippen LogP contribution in [0.1, 0.15) is 12.8 Å². The fourth-order valence-corrected chi connectivity index (χ4v) is 2.81. The molecular formula is C14H19N3O. The molecule has 1 aliphatic heterocycles. The van der Waals surface area contributed by atoms with Crippen LogP contribution in [0.4, 0.5) is 5.95 Å². The number of hydrogen-bond acceptors (Lipinski definition) is 3. The van der Waals surface area contributed by atoms with Gasteiger partial charge in [-0.05, 0) is 30.9 Å². The first kappa shape index (κ1) is 11.5. The smallest absolute Gasteiger partial charge is 0.206 e. The van der Waals surface area contributed by atoms with E-state index in [1.807, 2.05) is 18.2 Å². The van der Waals surface area contributed by atoms with Gasteiger partial charge in [-0.3, -0.25) is 0 Å². The van der Waals surface area contributed by atoms with Gasteiger partial charge < -0.3 is 14.6 Å². The van der Waals surface area contributed by atoms with E-state index in [1.165, 1.54) is 5.52 Å². The van der Waals surface area contributed by atoms with E-state index in [1.54, 1.807) is 0 Å². The van der Waals surface area contributed by atoms with Crippen molar-refractivity contribution in [2.45, 2.75) is 12.8 Å². The molecule has 4 nitrogen and oxygen atoms in total. The highest BCUT2D eigenvalue weighted by Gasteiger charge is 2.22. The fourth-order valence-electron chi connectivity index (χ4n) is 2.81. The zero-order chi connectivity index (χ0) is 12.5. The highest BCUT2D eigenvalue weighted by Crippen LogP contribution is 2.25. The Kier molecular flexibility index (Phi) is 2.96. The summed E-state index contributed by atoms with van der Waals surface area (Å²) in [5.74, 6) is 1.41. The third kappa shape index (κ3) is 1.86. The average Bonchev–Trinajstić information content (AvgIpc) is 2.77. The van der Waals surface area contributed by atoms with Crippen LogP contribution in [0.2, 0.25) is 0 Å². The number of anilines is 1. The molecule has 1 N–H and O–H groups in total. The molecule has 2 aromatic rings. The van der Waals surface area contributed by atoms with Crippen molar-refractivity contribution in [3.63, 3.8) is 0 Å². The number of benzene rings is 1. The third-order valence-corrected chi connectivity index (χ3v) is 3.82. The fraction of sp³-hybridized carbons (Fsp3) is 0.500. The number of rotatable bonds is 2. The van der Waals surface area contributed by atoms with E-state index in [4.69, 9.17) is 4.98 Å². The number of aryl methyl sites for hydroxylation is 1. The van der Waals surface area contributed by atoms with Crippen LogP contribution in [-0.2, 0) is 7.05 Å². The lowest BCUT2D eigenvalue weighted by Gasteiger charge is -2.32. The molecule has 18 heavy (non-hydrogen) atoms. The molecule has 1 aliphatic rings. The maximum atomic E-state index is 9.31. The number of aliphatic hydroxyl groups is 1. The molecule has 1 aromatic heterocycles. The van der Waals surface area contributed by atoms with E-state index < -0.39 is 0 Å². The number of hydrogen-bond donors (Lipinski definition) is 1. The second-order valence-corrected chi connectivity index (χ2v) is 5.10. The topological polar surface area (TPSA) is 41.3 Å². The molecule has 1 saturated heterocycles. The number of piperidine rings is 1. The number of imidazole rings is 1. The molecule has 96 valence electrons. The molecule has 4 heteroatoms. The highest BCUT2D eigenvalue weighted by atomic mass is 16.3. The summed E-state index contributed by atoms with van der Waals surface area (Å²) in [6, 6.07) is 8.21. The van der Waals surface area contributed by atoms with Crippen molar-refractivity contribution >= 4 is 17.0 Å². The predicted molar refractivity (Wildman–Crippen MR) is 72.7 cm³/mol. The van der Waals surface area contributed by atoms with Crippen LogP contribution in [0.3, 0.4) is 0 Å². The van der Waals surface area contributed by atoms with Gasteiger partial charge in [0.25, 0.3) is 0 Å². The Morgan fingerprint density at radius 2 is 2.22 bits per heavy atom. The monoisotopic (exact) mass is 245 g/mol. The summed E-state index contributed by atoms with van der Waals surface area (Å²) in [5, 5.41) is 9.31. The Bertz CT molecular complexity index is 549. The van der Waals surface area contributed by atoms with Gasteiger partial charge in [0, 0.05) is 26.7 Å². The summed E-state index contributed by atoms with van der Waals surface area (Å²) in [6.45, 7) is 2.22. The summed E-state index contributed by atoms with van der Waals surface area (Å²) in [6.07, 6.45) is 2.26. The standard InChI is InChI=1S/C14H19N3O/c1-16-13-7-3-2-6-12(13)15-14(16)17-8-4-5-11(9-17)10-18/h2-3,6-7,11,18H,4-5,8-10H2,1H3/t11-/m1/s1. The summed E-state index contributed by atoms with van der Waals surface area (Å²) in [5.41, 5.74) is 2.21. The molecule has 1 aromatic carbocycles. The molecule has 0 radical (unpaired) electrons. The van der Waals surface area contributed by atoms with Crippen LogP contribution in [0.25, 0.3) is 11.0 Å². The van der Waals surface area contributed by atoms with Gasteiger partial charge in [0.05, 0.1) is 11.0 Å². The van der Waals surface area contributed by atoms with Crippen LogP contribution in [-0.4, -0.2) is 34.4 Å². The molecule has 1 atom stereocenters. The molecular weight excluding hydrogens is 226 g/mol. The second-order valence-electron chi connectivity index (χ2n) is 5.10. The SMILES string of the molecule is Cn1c(N2CCC[C@@H](CO)C2)nc2ccccc21. The second kappa shape index (κ2) is 4.61. The normalized spacial score (nSPS) is 20.6. The van der Waals surface area contributed by atoms with Gasteiger partial charge in [0.15, 0.2) is 0 Å². The summed E-state index contributed by atoms with van der Waals surface area (Å²) in [7, 11) is 2.06. The van der Waals surface area contributed by atoms with E-state index in [0.29, 0.717) is 5.92 Å². The van der Waals surface area contributed by atoms with E-state index in [9.17, 15) is 5.11 Å². The van der Waals surface area contributed by atoms with Gasteiger partial charge in [-0.2, -0.15) is 0 Å². The van der Waals surface area contributed by atoms with Crippen molar-refractivity contribution < 1.29 is 5.11 Å². The Labute approximate surface area is 107 Å². The lowest BCUT2D eigenvalue weighted by Crippen LogP contribution is -2.38. The number of aromatic nitrogens is 2. The van der Waals surface area contributed by atoms with Gasteiger partial charge >= 0.3 is 0 Å². The maximum Gasteiger partial charge on any atom is 0.206 e. The van der Waals surface area contributed by atoms with Crippen molar-refractivity contribution in [3.8, 4) is 0 Å². The molecule has 3 rings (SSSR count). The van der Waals surface area contributed by atoms with E-state index in [-0.39, 0.29) is 6.61 Å². The Hall–Kier alpha value is -1.55. The van der Waals surface area contributed by atoms with Crippen molar-refractivity contribution in [2.24, 2.45) is 13.0 Å². The zero-order valence-corrected chi connectivity index (χ0v) is 10.7. The summed E-state index contributed by atoms with van der Waals surface area (Å²) >= 11 is 0. The third-order valence-electron chi connectivity index (χ3n) is 3.82. The lowest BCUT2D eigenvalue weighted by molar-refractivity contribution is 0.208. The summed E-state index contributed by atoms with van der Waals surface area (Å²) < 4.78 is 2.15. The average molecular weight is 245 g/mol. The maximum absolute atomic E-state index is 9.31. The van der Waals surface area contributed by atoms with Gasteiger partial charge in [-0.25, -0.2) is 4.98 Å². The molecule has 0 unspecified atom stereocenters. The predicted octanol–water partition coefficient (Wildman–Crippen LogP) is 1.78. The first-order valence-corrected chi connectivity index (χ1v) is 6.57. The Morgan fingerprint density at radius 1 is 1.39 bits per heavy atom.